The largest absolute Gasteiger partial charge is 0.486 e. The first-order chi connectivity index (χ1) is 13.5. The molecule has 1 aromatic carbocycles. The molecule has 2 aliphatic heterocycles. The summed E-state index contributed by atoms with van der Waals surface area (Å²) in [7, 11) is 0. The van der Waals surface area contributed by atoms with Gasteiger partial charge in [0.25, 0.3) is 0 Å². The quantitative estimate of drug-likeness (QED) is 0.390. The van der Waals surface area contributed by atoms with Gasteiger partial charge >= 0.3 is 17.8 Å². The molecule has 0 radical (unpaired) electrons. The van der Waals surface area contributed by atoms with Gasteiger partial charge < -0.3 is 14.4 Å². The molecule has 3 rings (SSSR count). The number of rotatable bonds is 7. The maximum absolute atomic E-state index is 12.7. The molecule has 0 N–H and O–H groups in total. The summed E-state index contributed by atoms with van der Waals surface area (Å²) in [6.45, 7) is 6.26. The number of carbonyl (C=O) groups excluding carboxylic acids is 4. The van der Waals surface area contributed by atoms with Gasteiger partial charge in [0.05, 0.1) is 0 Å². The molecule has 0 atom stereocenters. The van der Waals surface area contributed by atoms with Crippen LogP contribution in [-0.2, 0) is 20.9 Å². The number of amides is 5. The van der Waals surface area contributed by atoms with Gasteiger partial charge in [0, 0.05) is 19.6 Å². The Morgan fingerprint density at radius 2 is 1.82 bits per heavy atom. The highest BCUT2D eigenvalue weighted by molar-refractivity contribution is 6.45. The van der Waals surface area contributed by atoms with Gasteiger partial charge in [-0.3, -0.25) is 19.3 Å². The van der Waals surface area contributed by atoms with E-state index >= 15 is 0 Å². The van der Waals surface area contributed by atoms with Crippen molar-refractivity contribution < 1.29 is 28.7 Å². The van der Waals surface area contributed by atoms with Crippen LogP contribution in [0.25, 0.3) is 0 Å². The third-order valence-electron chi connectivity index (χ3n) is 4.45. The van der Waals surface area contributed by atoms with Crippen LogP contribution in [0.2, 0.25) is 0 Å². The lowest BCUT2D eigenvalue weighted by molar-refractivity contribution is -0.144. The van der Waals surface area contributed by atoms with Crippen molar-refractivity contribution in [3.8, 4) is 11.5 Å². The van der Waals surface area contributed by atoms with Crippen molar-refractivity contribution in [1.82, 2.24) is 14.7 Å². The second kappa shape index (κ2) is 8.12. The highest BCUT2D eigenvalue weighted by atomic mass is 16.6. The van der Waals surface area contributed by atoms with E-state index in [0.717, 1.165) is 10.5 Å². The molecule has 0 aliphatic carbocycles. The molecule has 0 bridgehead atoms. The Balaban J connectivity index is 1.68. The number of imide groups is 2. The Labute approximate surface area is 162 Å². The number of fused-ring (bicyclic) bond motifs is 1. The maximum atomic E-state index is 12.7. The van der Waals surface area contributed by atoms with Crippen molar-refractivity contribution in [3.63, 3.8) is 0 Å². The van der Waals surface area contributed by atoms with Crippen LogP contribution >= 0.6 is 0 Å². The Morgan fingerprint density at radius 1 is 1.14 bits per heavy atom. The van der Waals surface area contributed by atoms with Gasteiger partial charge in [0.15, 0.2) is 11.5 Å². The van der Waals surface area contributed by atoms with E-state index in [1.54, 1.807) is 19.1 Å². The van der Waals surface area contributed by atoms with Crippen LogP contribution in [0.15, 0.2) is 30.9 Å². The zero-order valence-corrected chi connectivity index (χ0v) is 15.6. The zero-order chi connectivity index (χ0) is 20.3. The van der Waals surface area contributed by atoms with Crippen molar-refractivity contribution >= 4 is 23.8 Å². The normalized spacial score (nSPS) is 15.8. The van der Waals surface area contributed by atoms with E-state index in [-0.39, 0.29) is 13.1 Å². The lowest BCUT2D eigenvalue weighted by Crippen LogP contribution is -2.43. The predicted molar refractivity (Wildman–Crippen MR) is 97.5 cm³/mol. The average molecular weight is 387 g/mol. The number of ether oxygens (including phenoxy) is 2. The monoisotopic (exact) mass is 387 g/mol. The van der Waals surface area contributed by atoms with E-state index in [1.807, 2.05) is 6.07 Å². The average Bonchev–Trinajstić information content (AvgIpc) is 2.90. The summed E-state index contributed by atoms with van der Waals surface area (Å²) in [6.07, 6.45) is 1.34. The number of hydrogen-bond acceptors (Lipinski definition) is 6. The van der Waals surface area contributed by atoms with E-state index in [9.17, 15) is 19.2 Å². The summed E-state index contributed by atoms with van der Waals surface area (Å²) >= 11 is 0. The minimum absolute atomic E-state index is 0.0806. The number of carbonyl (C=O) groups is 4. The first-order valence-electron chi connectivity index (χ1n) is 8.90. The fraction of sp³-hybridized carbons (Fsp3) is 0.368. The summed E-state index contributed by atoms with van der Waals surface area (Å²) in [6, 6.07) is 4.59. The standard InChI is InChI=1S/C19H21N3O6/c1-3-7-21-17(24)18(25)22(19(21)26)12-16(23)20(4-2)11-13-5-6-14-15(10-13)28-9-8-27-14/h3,5-6,10H,1,4,7-9,11-12H2,2H3. The second-order valence-electron chi connectivity index (χ2n) is 6.26. The van der Waals surface area contributed by atoms with Gasteiger partial charge in [-0.1, -0.05) is 12.1 Å². The molecule has 1 fully saturated rings. The van der Waals surface area contributed by atoms with Gasteiger partial charge in [-0.2, -0.15) is 0 Å². The van der Waals surface area contributed by atoms with Crippen molar-refractivity contribution in [2.45, 2.75) is 13.5 Å². The van der Waals surface area contributed by atoms with E-state index in [2.05, 4.69) is 6.58 Å². The SMILES string of the molecule is C=CCN1C(=O)C(=O)N(CC(=O)N(CC)Cc2ccc3c(c2)OCCO3)C1=O. The third kappa shape index (κ3) is 3.68. The smallest absolute Gasteiger partial charge is 0.335 e. The first kappa shape index (κ1) is 19.4. The zero-order valence-electron chi connectivity index (χ0n) is 15.6. The van der Waals surface area contributed by atoms with E-state index < -0.39 is 30.3 Å². The third-order valence-corrected chi connectivity index (χ3v) is 4.45. The van der Waals surface area contributed by atoms with Crippen molar-refractivity contribution in [2.75, 3.05) is 32.8 Å². The van der Waals surface area contributed by atoms with Gasteiger partial charge in [0.2, 0.25) is 5.91 Å². The van der Waals surface area contributed by atoms with E-state index in [0.29, 0.717) is 36.2 Å². The maximum Gasteiger partial charge on any atom is 0.335 e. The number of likely N-dealkylation sites (N-methyl/N-ethyl adjacent to an activating group) is 1. The number of benzene rings is 1. The fourth-order valence-corrected chi connectivity index (χ4v) is 3.00. The minimum atomic E-state index is -1.00. The molecule has 148 valence electrons. The molecule has 0 saturated carbocycles. The summed E-state index contributed by atoms with van der Waals surface area (Å²) < 4.78 is 11.0. The Kier molecular flexibility index (Phi) is 5.62. The van der Waals surface area contributed by atoms with Crippen LogP contribution in [0.4, 0.5) is 4.79 Å². The molecule has 1 aromatic rings. The van der Waals surface area contributed by atoms with Crippen LogP contribution in [-0.4, -0.2) is 71.3 Å². The Hall–Kier alpha value is -3.36. The lowest BCUT2D eigenvalue weighted by atomic mass is 10.1. The summed E-state index contributed by atoms with van der Waals surface area (Å²) in [5.41, 5.74) is 0.822. The van der Waals surface area contributed by atoms with Crippen molar-refractivity contribution in [3.05, 3.63) is 36.4 Å². The Bertz CT molecular complexity index is 837. The molecule has 2 heterocycles. The first-order valence-corrected chi connectivity index (χ1v) is 8.90. The van der Waals surface area contributed by atoms with Gasteiger partial charge in [0.1, 0.15) is 19.8 Å². The molecular weight excluding hydrogens is 366 g/mol. The molecule has 28 heavy (non-hydrogen) atoms. The number of nitrogens with zero attached hydrogens (tertiary/aromatic N) is 3. The Morgan fingerprint density at radius 3 is 2.50 bits per heavy atom. The topological polar surface area (TPSA) is 96.5 Å². The number of urea groups is 1. The van der Waals surface area contributed by atoms with E-state index in [4.69, 9.17) is 9.47 Å². The van der Waals surface area contributed by atoms with Gasteiger partial charge in [-0.05, 0) is 24.6 Å². The molecule has 2 aliphatic rings. The molecular formula is C19H21N3O6. The summed E-state index contributed by atoms with van der Waals surface area (Å²) in [5, 5.41) is 0. The predicted octanol–water partition coefficient (Wildman–Crippen LogP) is 0.783. The molecule has 0 spiro atoms. The van der Waals surface area contributed by atoms with Gasteiger partial charge in [-0.15, -0.1) is 6.58 Å². The molecule has 9 nitrogen and oxygen atoms in total. The molecule has 9 heteroatoms. The van der Waals surface area contributed by atoms with Gasteiger partial charge in [-0.25, -0.2) is 9.69 Å². The van der Waals surface area contributed by atoms with Crippen molar-refractivity contribution in [2.24, 2.45) is 0 Å². The van der Waals surface area contributed by atoms with Crippen LogP contribution < -0.4 is 9.47 Å². The van der Waals surface area contributed by atoms with Crippen LogP contribution in [0.5, 0.6) is 11.5 Å². The van der Waals surface area contributed by atoms with Crippen molar-refractivity contribution in [1.29, 1.82) is 0 Å². The molecule has 0 unspecified atom stereocenters. The molecule has 1 saturated heterocycles. The second-order valence-corrected chi connectivity index (χ2v) is 6.26. The lowest BCUT2D eigenvalue weighted by Gasteiger charge is -2.24. The fourth-order valence-electron chi connectivity index (χ4n) is 3.00. The molecule has 5 amide bonds. The molecule has 0 aromatic heterocycles. The number of hydrogen-bond donors (Lipinski definition) is 0. The van der Waals surface area contributed by atoms with Crippen LogP contribution in [0, 0.1) is 0 Å². The van der Waals surface area contributed by atoms with E-state index in [1.165, 1.54) is 11.0 Å². The highest BCUT2D eigenvalue weighted by Gasteiger charge is 2.44. The van der Waals surface area contributed by atoms with Crippen LogP contribution in [0.1, 0.15) is 12.5 Å². The summed E-state index contributed by atoms with van der Waals surface area (Å²) in [4.78, 5) is 51.8. The van der Waals surface area contributed by atoms with Crippen LogP contribution in [0.3, 0.4) is 0 Å². The highest BCUT2D eigenvalue weighted by Crippen LogP contribution is 2.31. The summed E-state index contributed by atoms with van der Waals surface area (Å²) in [5.74, 6) is -1.13. The minimum Gasteiger partial charge on any atom is -0.486 e.